The molecule has 4 aromatic carbocycles. The summed E-state index contributed by atoms with van der Waals surface area (Å²) >= 11 is 6.50. The second-order valence-corrected chi connectivity index (χ2v) is 10.9. The number of hydrogen-bond acceptors (Lipinski definition) is 3. The molecular formula is C33H36ClNO2. The Morgan fingerprint density at radius 3 is 2.30 bits per heavy atom. The molecule has 192 valence electrons. The molecule has 0 saturated carbocycles. The Labute approximate surface area is 225 Å². The molecule has 0 radical (unpaired) electrons. The topological polar surface area (TPSA) is 30.5 Å². The molecular weight excluding hydrogens is 478 g/mol. The van der Waals surface area contributed by atoms with Crippen molar-refractivity contribution in [2.24, 2.45) is 11.8 Å². The first-order valence-corrected chi connectivity index (χ1v) is 13.7. The molecule has 37 heavy (non-hydrogen) atoms. The lowest BCUT2D eigenvalue weighted by Gasteiger charge is -2.22. The van der Waals surface area contributed by atoms with Crippen molar-refractivity contribution in [1.82, 2.24) is 5.32 Å². The van der Waals surface area contributed by atoms with E-state index < -0.39 is 0 Å². The van der Waals surface area contributed by atoms with Crippen LogP contribution >= 0.6 is 11.6 Å². The third-order valence-corrected chi connectivity index (χ3v) is 7.87. The predicted octanol–water partition coefficient (Wildman–Crippen LogP) is 8.66. The van der Waals surface area contributed by atoms with Crippen molar-refractivity contribution < 1.29 is 9.47 Å². The van der Waals surface area contributed by atoms with Crippen LogP contribution in [0.4, 0.5) is 0 Å². The van der Waals surface area contributed by atoms with E-state index in [1.165, 1.54) is 38.6 Å². The van der Waals surface area contributed by atoms with Gasteiger partial charge in [-0.2, -0.15) is 0 Å². The highest BCUT2D eigenvalue weighted by Crippen LogP contribution is 2.51. The predicted molar refractivity (Wildman–Crippen MR) is 155 cm³/mol. The lowest BCUT2D eigenvalue weighted by atomic mass is 9.86. The summed E-state index contributed by atoms with van der Waals surface area (Å²) in [7, 11) is 0. The summed E-state index contributed by atoms with van der Waals surface area (Å²) in [4.78, 5) is 0. The summed E-state index contributed by atoms with van der Waals surface area (Å²) in [6, 6.07) is 25.7. The Balaban J connectivity index is 1.48. The molecule has 0 amide bonds. The minimum Gasteiger partial charge on any atom is -0.494 e. The molecule has 0 heterocycles. The Morgan fingerprint density at radius 1 is 0.838 bits per heavy atom. The average Bonchev–Trinajstić information content (AvgIpc) is 3.21. The van der Waals surface area contributed by atoms with Gasteiger partial charge in [0.15, 0.2) is 0 Å². The zero-order chi connectivity index (χ0) is 26.1. The van der Waals surface area contributed by atoms with E-state index in [1.54, 1.807) is 0 Å². The number of ether oxygens (including phenoxy) is 2. The van der Waals surface area contributed by atoms with Crippen molar-refractivity contribution >= 4 is 22.4 Å². The normalized spacial score (nSPS) is 15.9. The van der Waals surface area contributed by atoms with Crippen LogP contribution < -0.4 is 14.8 Å². The van der Waals surface area contributed by atoms with Gasteiger partial charge in [-0.25, -0.2) is 0 Å². The second kappa shape index (κ2) is 10.8. The van der Waals surface area contributed by atoms with E-state index in [0.29, 0.717) is 18.4 Å². The lowest BCUT2D eigenvalue weighted by molar-refractivity contribution is 0.171. The van der Waals surface area contributed by atoms with Crippen LogP contribution in [-0.2, 0) is 0 Å². The number of fused-ring (bicyclic) bond motifs is 5. The first kappa shape index (κ1) is 25.6. The maximum atomic E-state index is 6.50. The number of nitrogens with one attached hydrogen (secondary N) is 1. The second-order valence-electron chi connectivity index (χ2n) is 10.5. The van der Waals surface area contributed by atoms with Crippen LogP contribution in [0.15, 0.2) is 72.8 Å². The standard InChI is InChI=1S/C33H36ClNO2/c1-6-36-27-13-16-28-24(17-27)9-14-30-29-15-10-25(34)18-31(29)32(33(28)30)23-7-11-26(12-8-23)37-22(5)35-19-21(4)20(2)3/h7-18,20-22,32,35H,6,19H2,1-5H3. The van der Waals surface area contributed by atoms with E-state index in [4.69, 9.17) is 21.1 Å². The zero-order valence-corrected chi connectivity index (χ0v) is 23.1. The lowest BCUT2D eigenvalue weighted by Crippen LogP contribution is -2.35. The molecule has 0 spiro atoms. The molecule has 5 rings (SSSR count). The fourth-order valence-electron chi connectivity index (χ4n) is 5.23. The van der Waals surface area contributed by atoms with E-state index in [0.717, 1.165) is 23.1 Å². The molecule has 4 aromatic rings. The van der Waals surface area contributed by atoms with E-state index in [9.17, 15) is 0 Å². The molecule has 1 aliphatic rings. The van der Waals surface area contributed by atoms with Gasteiger partial charge in [0, 0.05) is 17.5 Å². The van der Waals surface area contributed by atoms with Gasteiger partial charge in [0.1, 0.15) is 17.7 Å². The highest BCUT2D eigenvalue weighted by molar-refractivity contribution is 6.30. The molecule has 0 saturated heterocycles. The van der Waals surface area contributed by atoms with Crippen LogP contribution in [0.5, 0.6) is 11.5 Å². The van der Waals surface area contributed by atoms with Crippen molar-refractivity contribution in [2.75, 3.05) is 13.2 Å². The Morgan fingerprint density at radius 2 is 1.57 bits per heavy atom. The van der Waals surface area contributed by atoms with E-state index in [1.807, 2.05) is 13.0 Å². The van der Waals surface area contributed by atoms with Gasteiger partial charge in [-0.3, -0.25) is 5.32 Å². The summed E-state index contributed by atoms with van der Waals surface area (Å²) in [6.45, 7) is 12.4. The van der Waals surface area contributed by atoms with E-state index >= 15 is 0 Å². The van der Waals surface area contributed by atoms with Crippen LogP contribution in [0.25, 0.3) is 21.9 Å². The van der Waals surface area contributed by atoms with Gasteiger partial charge < -0.3 is 9.47 Å². The summed E-state index contributed by atoms with van der Waals surface area (Å²) < 4.78 is 12.0. The van der Waals surface area contributed by atoms with Crippen LogP contribution in [-0.4, -0.2) is 19.4 Å². The monoisotopic (exact) mass is 513 g/mol. The van der Waals surface area contributed by atoms with Crippen LogP contribution in [0, 0.1) is 11.8 Å². The molecule has 0 bridgehead atoms. The Kier molecular flexibility index (Phi) is 7.46. The highest BCUT2D eigenvalue weighted by atomic mass is 35.5. The summed E-state index contributed by atoms with van der Waals surface area (Å²) in [5.41, 5.74) is 6.31. The van der Waals surface area contributed by atoms with Crippen LogP contribution in [0.1, 0.15) is 57.2 Å². The van der Waals surface area contributed by atoms with Crippen molar-refractivity contribution in [2.45, 2.75) is 46.8 Å². The Hall–Kier alpha value is -3.01. The minimum absolute atomic E-state index is 0.0535. The van der Waals surface area contributed by atoms with Gasteiger partial charge in [0.2, 0.25) is 0 Å². The van der Waals surface area contributed by atoms with Crippen molar-refractivity contribution in [3.05, 3.63) is 94.5 Å². The van der Waals surface area contributed by atoms with Gasteiger partial charge >= 0.3 is 0 Å². The molecule has 1 aliphatic carbocycles. The molecule has 3 unspecified atom stereocenters. The van der Waals surface area contributed by atoms with Gasteiger partial charge in [-0.1, -0.05) is 68.8 Å². The van der Waals surface area contributed by atoms with Gasteiger partial charge in [-0.05, 0) is 101 Å². The minimum atomic E-state index is -0.0535. The quantitative estimate of drug-likeness (QED) is 0.200. The molecule has 0 fully saturated rings. The zero-order valence-electron chi connectivity index (χ0n) is 22.3. The number of rotatable bonds is 9. The highest BCUT2D eigenvalue weighted by Gasteiger charge is 2.32. The number of hydrogen-bond donors (Lipinski definition) is 1. The third kappa shape index (κ3) is 5.21. The molecule has 0 aromatic heterocycles. The fourth-order valence-corrected chi connectivity index (χ4v) is 5.41. The van der Waals surface area contributed by atoms with Crippen LogP contribution in [0.3, 0.4) is 0 Å². The van der Waals surface area contributed by atoms with Crippen molar-refractivity contribution in [1.29, 1.82) is 0 Å². The maximum absolute atomic E-state index is 6.50. The molecule has 0 aliphatic heterocycles. The first-order chi connectivity index (χ1) is 17.9. The van der Waals surface area contributed by atoms with Gasteiger partial charge in [0.25, 0.3) is 0 Å². The average molecular weight is 514 g/mol. The molecule has 3 atom stereocenters. The molecule has 1 N–H and O–H groups in total. The van der Waals surface area contributed by atoms with E-state index in [2.05, 4.69) is 99.7 Å². The number of benzene rings is 4. The Bertz CT molecular complexity index is 1400. The largest absolute Gasteiger partial charge is 0.494 e. The van der Waals surface area contributed by atoms with Crippen LogP contribution in [0.2, 0.25) is 5.02 Å². The summed E-state index contributed by atoms with van der Waals surface area (Å²) in [5.74, 6) is 3.11. The van der Waals surface area contributed by atoms with Gasteiger partial charge in [-0.15, -0.1) is 0 Å². The third-order valence-electron chi connectivity index (χ3n) is 7.64. The fraction of sp³-hybridized carbons (Fsp3) is 0.333. The first-order valence-electron chi connectivity index (χ1n) is 13.3. The van der Waals surface area contributed by atoms with Crippen molar-refractivity contribution in [3.63, 3.8) is 0 Å². The smallest absolute Gasteiger partial charge is 0.147 e. The number of halogens is 1. The molecule has 3 nitrogen and oxygen atoms in total. The summed E-state index contributed by atoms with van der Waals surface area (Å²) in [5, 5.41) is 6.69. The van der Waals surface area contributed by atoms with Gasteiger partial charge in [0.05, 0.1) is 6.61 Å². The summed E-state index contributed by atoms with van der Waals surface area (Å²) in [6.07, 6.45) is -0.0535. The van der Waals surface area contributed by atoms with E-state index in [-0.39, 0.29) is 12.1 Å². The van der Waals surface area contributed by atoms with Crippen molar-refractivity contribution in [3.8, 4) is 22.6 Å². The maximum Gasteiger partial charge on any atom is 0.147 e. The SMILES string of the molecule is CCOc1ccc2c3c(ccc2c1)-c1ccc(Cl)cc1C3c1ccc(OC(C)NCC(C)C(C)C)cc1. The molecule has 4 heteroatoms.